The second kappa shape index (κ2) is 7.76. The predicted molar refractivity (Wildman–Crippen MR) is 59.2 cm³/mol. The Labute approximate surface area is 94.2 Å². The lowest BCUT2D eigenvalue weighted by atomic mass is 10.1. The van der Waals surface area contributed by atoms with Crippen LogP contribution in [0.3, 0.4) is 0 Å². The highest BCUT2D eigenvalue weighted by Gasteiger charge is 2.18. The number of carboxylic acids is 1. The molecular formula is C8H19N2O5P. The van der Waals surface area contributed by atoms with Crippen molar-refractivity contribution in [3.63, 3.8) is 0 Å². The lowest BCUT2D eigenvalue weighted by Crippen LogP contribution is -2.38. The number of rotatable bonds is 9. The normalized spacial score (nSPS) is 13.7. The van der Waals surface area contributed by atoms with Crippen LogP contribution in [0.15, 0.2) is 0 Å². The SMILES string of the molecule is NCCCCC(NCCP(=O)(O)O)C(=O)O. The molecule has 1 atom stereocenters. The van der Waals surface area contributed by atoms with Crippen LogP contribution < -0.4 is 11.1 Å². The van der Waals surface area contributed by atoms with Gasteiger partial charge in [-0.15, -0.1) is 0 Å². The number of unbranched alkanes of at least 4 members (excludes halogenated alkanes) is 1. The molecule has 0 radical (unpaired) electrons. The van der Waals surface area contributed by atoms with Crippen molar-refractivity contribution >= 4 is 13.6 Å². The number of hydrogen-bond donors (Lipinski definition) is 5. The van der Waals surface area contributed by atoms with Gasteiger partial charge in [-0.2, -0.15) is 0 Å². The van der Waals surface area contributed by atoms with E-state index in [2.05, 4.69) is 5.32 Å². The van der Waals surface area contributed by atoms with E-state index in [1.165, 1.54) is 0 Å². The number of aliphatic carboxylic acids is 1. The van der Waals surface area contributed by atoms with Crippen LogP contribution >= 0.6 is 7.60 Å². The Balaban J connectivity index is 3.86. The van der Waals surface area contributed by atoms with E-state index in [0.717, 1.165) is 6.42 Å². The summed E-state index contributed by atoms with van der Waals surface area (Å²) in [6.45, 7) is 0.499. The number of carboxylic acid groups (broad SMARTS) is 1. The smallest absolute Gasteiger partial charge is 0.326 e. The predicted octanol–water partition coefficient (Wildman–Crippen LogP) is -0.664. The summed E-state index contributed by atoms with van der Waals surface area (Å²) in [5, 5.41) is 11.4. The summed E-state index contributed by atoms with van der Waals surface area (Å²) in [5.74, 6) is -1.01. The fourth-order valence-electron chi connectivity index (χ4n) is 1.19. The zero-order chi connectivity index (χ0) is 12.6. The molecule has 0 bridgehead atoms. The Bertz CT molecular complexity index is 255. The topological polar surface area (TPSA) is 133 Å². The van der Waals surface area contributed by atoms with Crippen molar-refractivity contribution in [1.82, 2.24) is 5.32 Å². The van der Waals surface area contributed by atoms with E-state index in [9.17, 15) is 9.36 Å². The molecule has 16 heavy (non-hydrogen) atoms. The fraction of sp³-hybridized carbons (Fsp3) is 0.875. The van der Waals surface area contributed by atoms with E-state index in [4.69, 9.17) is 20.6 Å². The van der Waals surface area contributed by atoms with E-state index in [1.54, 1.807) is 0 Å². The van der Waals surface area contributed by atoms with Gasteiger partial charge in [0.05, 0.1) is 6.16 Å². The average Bonchev–Trinajstić information content (AvgIpc) is 2.13. The quantitative estimate of drug-likeness (QED) is 0.272. The molecule has 8 heteroatoms. The Kier molecular flexibility index (Phi) is 7.53. The lowest BCUT2D eigenvalue weighted by molar-refractivity contribution is -0.139. The van der Waals surface area contributed by atoms with Crippen LogP contribution in [-0.4, -0.2) is 46.2 Å². The molecule has 0 saturated carbocycles. The van der Waals surface area contributed by atoms with Gasteiger partial charge < -0.3 is 25.9 Å². The summed E-state index contributed by atoms with van der Waals surface area (Å²) in [5.41, 5.74) is 5.28. The van der Waals surface area contributed by atoms with Crippen molar-refractivity contribution in [2.75, 3.05) is 19.3 Å². The third-order valence-electron chi connectivity index (χ3n) is 2.04. The highest BCUT2D eigenvalue weighted by atomic mass is 31.2. The molecule has 0 heterocycles. The second-order valence-corrected chi connectivity index (χ2v) is 5.29. The summed E-state index contributed by atoms with van der Waals surface area (Å²) in [6.07, 6.45) is 1.47. The van der Waals surface area contributed by atoms with Crippen LogP contribution in [0.5, 0.6) is 0 Å². The maximum Gasteiger partial charge on any atom is 0.326 e. The zero-order valence-electron chi connectivity index (χ0n) is 9.00. The molecule has 0 saturated heterocycles. The molecule has 0 aliphatic carbocycles. The zero-order valence-corrected chi connectivity index (χ0v) is 9.90. The van der Waals surface area contributed by atoms with Gasteiger partial charge in [0.2, 0.25) is 0 Å². The van der Waals surface area contributed by atoms with Crippen LogP contribution in [0.2, 0.25) is 0 Å². The lowest BCUT2D eigenvalue weighted by Gasteiger charge is -2.14. The molecule has 0 amide bonds. The first-order chi connectivity index (χ1) is 7.37. The maximum atomic E-state index is 10.8. The van der Waals surface area contributed by atoms with Crippen molar-refractivity contribution in [1.29, 1.82) is 0 Å². The molecule has 0 aromatic carbocycles. The monoisotopic (exact) mass is 254 g/mol. The number of nitrogens with one attached hydrogen (secondary N) is 1. The van der Waals surface area contributed by atoms with Gasteiger partial charge in [-0.1, -0.05) is 6.42 Å². The van der Waals surface area contributed by atoms with Crippen molar-refractivity contribution in [2.24, 2.45) is 5.73 Å². The Hall–Kier alpha value is -0.460. The Morgan fingerprint density at radius 3 is 2.44 bits per heavy atom. The van der Waals surface area contributed by atoms with Gasteiger partial charge in [-0.3, -0.25) is 9.36 Å². The van der Waals surface area contributed by atoms with Crippen molar-refractivity contribution in [3.8, 4) is 0 Å². The van der Waals surface area contributed by atoms with Gasteiger partial charge in [0.1, 0.15) is 6.04 Å². The second-order valence-electron chi connectivity index (χ2n) is 3.52. The van der Waals surface area contributed by atoms with Gasteiger partial charge in [-0.25, -0.2) is 0 Å². The number of hydrogen-bond acceptors (Lipinski definition) is 4. The van der Waals surface area contributed by atoms with Gasteiger partial charge >= 0.3 is 13.6 Å². The Morgan fingerprint density at radius 2 is 2.00 bits per heavy atom. The standard InChI is InChI=1S/C8H19N2O5P/c9-4-2-1-3-7(8(11)12)10-5-6-16(13,14)15/h7,10H,1-6,9H2,(H,11,12)(H2,13,14,15). The molecule has 0 fully saturated rings. The van der Waals surface area contributed by atoms with Crippen LogP contribution in [0.25, 0.3) is 0 Å². The maximum absolute atomic E-state index is 10.8. The third-order valence-corrected chi connectivity index (χ3v) is 2.85. The first-order valence-electron chi connectivity index (χ1n) is 5.07. The number of nitrogens with two attached hydrogens (primary N) is 1. The van der Waals surface area contributed by atoms with Gasteiger partial charge in [0.25, 0.3) is 0 Å². The van der Waals surface area contributed by atoms with Crippen LogP contribution in [-0.2, 0) is 9.36 Å². The van der Waals surface area contributed by atoms with Gasteiger partial charge in [-0.05, 0) is 19.4 Å². The highest BCUT2D eigenvalue weighted by Crippen LogP contribution is 2.32. The van der Waals surface area contributed by atoms with Crippen molar-refractivity contribution in [2.45, 2.75) is 25.3 Å². The molecule has 0 aromatic heterocycles. The summed E-state index contributed by atoms with van der Waals surface area (Å²) in [4.78, 5) is 27.9. The minimum atomic E-state index is -4.06. The van der Waals surface area contributed by atoms with E-state index in [1.807, 2.05) is 0 Å². The summed E-state index contributed by atoms with van der Waals surface area (Å²) < 4.78 is 10.5. The van der Waals surface area contributed by atoms with E-state index >= 15 is 0 Å². The molecule has 0 aliphatic rings. The molecule has 96 valence electrons. The van der Waals surface area contributed by atoms with Crippen molar-refractivity contribution < 1.29 is 24.3 Å². The molecule has 6 N–H and O–H groups in total. The number of carbonyl (C=O) groups is 1. The third kappa shape index (κ3) is 8.82. The van der Waals surface area contributed by atoms with Crippen molar-refractivity contribution in [3.05, 3.63) is 0 Å². The van der Waals surface area contributed by atoms with Crippen LogP contribution in [0, 0.1) is 0 Å². The van der Waals surface area contributed by atoms with Crippen LogP contribution in [0.1, 0.15) is 19.3 Å². The molecule has 7 nitrogen and oxygen atoms in total. The molecule has 0 aromatic rings. The van der Waals surface area contributed by atoms with E-state index in [-0.39, 0.29) is 12.7 Å². The first kappa shape index (κ1) is 15.5. The van der Waals surface area contributed by atoms with E-state index in [0.29, 0.717) is 19.4 Å². The molecule has 0 rings (SSSR count). The molecule has 0 spiro atoms. The average molecular weight is 254 g/mol. The first-order valence-corrected chi connectivity index (χ1v) is 6.87. The molecule has 1 unspecified atom stereocenters. The van der Waals surface area contributed by atoms with Gasteiger partial charge in [0.15, 0.2) is 0 Å². The minimum Gasteiger partial charge on any atom is -0.480 e. The summed E-state index contributed by atoms with van der Waals surface area (Å²) >= 11 is 0. The van der Waals surface area contributed by atoms with Crippen LogP contribution in [0.4, 0.5) is 0 Å². The summed E-state index contributed by atoms with van der Waals surface area (Å²) in [6, 6.07) is -0.766. The molecule has 0 aliphatic heterocycles. The highest BCUT2D eigenvalue weighted by molar-refractivity contribution is 7.51. The minimum absolute atomic E-state index is 0.0101. The van der Waals surface area contributed by atoms with Gasteiger partial charge in [0, 0.05) is 6.54 Å². The Morgan fingerprint density at radius 1 is 1.38 bits per heavy atom. The summed E-state index contributed by atoms with van der Waals surface area (Å²) in [7, 11) is -4.06. The largest absolute Gasteiger partial charge is 0.480 e. The van der Waals surface area contributed by atoms with E-state index < -0.39 is 19.6 Å². The molecular weight excluding hydrogens is 235 g/mol. The fourth-order valence-corrected chi connectivity index (χ4v) is 1.61.